The quantitative estimate of drug-likeness (QED) is 0.167. The predicted octanol–water partition coefficient (Wildman–Crippen LogP) is 9.69. The Kier molecular flexibility index (Phi) is 15.3. The maximum Gasteiger partial charge on any atom is 0.0466 e. The summed E-state index contributed by atoms with van der Waals surface area (Å²) in [7, 11) is 0. The number of hydrogen-bond acceptors (Lipinski definition) is 1. The topological polar surface area (TPSA) is 9.23 Å². The second kappa shape index (κ2) is 17.9. The Morgan fingerprint density at radius 3 is 1.29 bits per heavy atom. The molecule has 0 unspecified atom stereocenters. The molecule has 0 spiro atoms. The zero-order chi connectivity index (χ0) is 22.0. The SMILES string of the molecule is Brc1cccc(CCCCCCCCOCCCCCCCCc2cccc(Br)c2)c1. The van der Waals surface area contributed by atoms with Crippen LogP contribution in [0.3, 0.4) is 0 Å². The molecule has 0 fully saturated rings. The van der Waals surface area contributed by atoms with E-state index in [0.29, 0.717) is 0 Å². The van der Waals surface area contributed by atoms with Crippen LogP contribution in [0.4, 0.5) is 0 Å². The monoisotopic (exact) mass is 550 g/mol. The van der Waals surface area contributed by atoms with E-state index in [4.69, 9.17) is 4.74 Å². The van der Waals surface area contributed by atoms with Crippen LogP contribution in [-0.2, 0) is 17.6 Å². The maximum absolute atomic E-state index is 5.82. The van der Waals surface area contributed by atoms with Gasteiger partial charge >= 0.3 is 0 Å². The molecule has 0 amide bonds. The number of unbranched alkanes of at least 4 members (excludes halogenated alkanes) is 10. The van der Waals surface area contributed by atoms with Gasteiger partial charge in [-0.15, -0.1) is 0 Å². The standard InChI is InChI=1S/C28H40Br2O/c29-27-19-13-17-25(23-27)15-9-5-1-3-7-11-21-31-22-12-8-4-2-6-10-16-26-18-14-20-28(30)24-26/h13-14,17-20,23-24H,1-12,15-16,21-22H2. The summed E-state index contributed by atoms with van der Waals surface area (Å²) in [6.07, 6.45) is 18.2. The van der Waals surface area contributed by atoms with Crippen molar-refractivity contribution < 1.29 is 4.74 Å². The van der Waals surface area contributed by atoms with Gasteiger partial charge in [0, 0.05) is 22.2 Å². The average molecular weight is 552 g/mol. The van der Waals surface area contributed by atoms with Gasteiger partial charge in [-0.3, -0.25) is 0 Å². The van der Waals surface area contributed by atoms with Gasteiger partial charge in [-0.2, -0.15) is 0 Å². The summed E-state index contributed by atoms with van der Waals surface area (Å²) >= 11 is 7.10. The molecule has 0 atom stereocenters. The minimum Gasteiger partial charge on any atom is -0.381 e. The van der Waals surface area contributed by atoms with Gasteiger partial charge in [0.2, 0.25) is 0 Å². The van der Waals surface area contributed by atoms with E-state index in [9.17, 15) is 0 Å². The lowest BCUT2D eigenvalue weighted by Crippen LogP contribution is -1.97. The number of hydrogen-bond donors (Lipinski definition) is 0. The first kappa shape index (κ1) is 26.6. The molecule has 2 aromatic rings. The Balaban J connectivity index is 1.27. The molecule has 1 nitrogen and oxygen atoms in total. The van der Waals surface area contributed by atoms with Crippen LogP contribution in [0.1, 0.15) is 88.2 Å². The van der Waals surface area contributed by atoms with Crippen molar-refractivity contribution in [3.05, 3.63) is 68.6 Å². The number of rotatable bonds is 18. The van der Waals surface area contributed by atoms with Crippen LogP contribution in [0.5, 0.6) is 0 Å². The molecule has 0 saturated heterocycles. The van der Waals surface area contributed by atoms with Crippen LogP contribution in [0.25, 0.3) is 0 Å². The largest absolute Gasteiger partial charge is 0.381 e. The van der Waals surface area contributed by atoms with Gasteiger partial charge in [-0.25, -0.2) is 0 Å². The minimum absolute atomic E-state index is 0.949. The van der Waals surface area contributed by atoms with E-state index in [1.807, 2.05) is 0 Å². The fourth-order valence-electron chi connectivity index (χ4n) is 3.97. The van der Waals surface area contributed by atoms with E-state index in [1.54, 1.807) is 0 Å². The molecule has 31 heavy (non-hydrogen) atoms. The number of benzene rings is 2. The van der Waals surface area contributed by atoms with E-state index in [-0.39, 0.29) is 0 Å². The van der Waals surface area contributed by atoms with Crippen molar-refractivity contribution in [1.29, 1.82) is 0 Å². The van der Waals surface area contributed by atoms with Crippen LogP contribution in [0, 0.1) is 0 Å². The Labute approximate surface area is 207 Å². The highest BCUT2D eigenvalue weighted by Crippen LogP contribution is 2.16. The van der Waals surface area contributed by atoms with Crippen LogP contribution < -0.4 is 0 Å². The molecule has 0 radical (unpaired) electrons. The molecule has 3 heteroatoms. The summed E-state index contributed by atoms with van der Waals surface area (Å²) in [4.78, 5) is 0. The molecule has 0 aromatic heterocycles. The van der Waals surface area contributed by atoms with Gasteiger partial charge in [0.25, 0.3) is 0 Å². The highest BCUT2D eigenvalue weighted by molar-refractivity contribution is 9.10. The molecule has 0 aliphatic carbocycles. The van der Waals surface area contributed by atoms with Crippen molar-refractivity contribution in [2.45, 2.75) is 89.9 Å². The second-order valence-corrected chi connectivity index (χ2v) is 10.4. The van der Waals surface area contributed by atoms with Crippen molar-refractivity contribution >= 4 is 31.9 Å². The summed E-state index contributed by atoms with van der Waals surface area (Å²) in [5.41, 5.74) is 2.90. The first-order chi connectivity index (χ1) is 15.2. The first-order valence-electron chi connectivity index (χ1n) is 12.3. The molecular weight excluding hydrogens is 512 g/mol. The normalized spacial score (nSPS) is 11.2. The number of ether oxygens (including phenoxy) is 1. The molecule has 0 aliphatic heterocycles. The van der Waals surface area contributed by atoms with Crippen molar-refractivity contribution in [3.8, 4) is 0 Å². The molecule has 0 aliphatic rings. The maximum atomic E-state index is 5.82. The van der Waals surface area contributed by atoms with Gasteiger partial charge in [-0.05, 0) is 73.9 Å². The zero-order valence-corrected chi connectivity index (χ0v) is 22.3. The highest BCUT2D eigenvalue weighted by atomic mass is 79.9. The Bertz CT molecular complexity index is 641. The van der Waals surface area contributed by atoms with Gasteiger partial charge in [0.15, 0.2) is 0 Å². The van der Waals surface area contributed by atoms with Crippen LogP contribution in [-0.4, -0.2) is 13.2 Å². The Morgan fingerprint density at radius 1 is 0.484 bits per heavy atom. The average Bonchev–Trinajstić information content (AvgIpc) is 2.76. The first-order valence-corrected chi connectivity index (χ1v) is 13.9. The van der Waals surface area contributed by atoms with Crippen molar-refractivity contribution in [2.75, 3.05) is 13.2 Å². The molecule has 0 N–H and O–H groups in total. The third-order valence-corrected chi connectivity index (χ3v) is 6.77. The summed E-state index contributed by atoms with van der Waals surface area (Å²) in [5.74, 6) is 0. The van der Waals surface area contributed by atoms with E-state index < -0.39 is 0 Å². The lowest BCUT2D eigenvalue weighted by molar-refractivity contribution is 0.125. The fourth-order valence-corrected chi connectivity index (χ4v) is 4.86. The predicted molar refractivity (Wildman–Crippen MR) is 142 cm³/mol. The van der Waals surface area contributed by atoms with Gasteiger partial charge in [0.05, 0.1) is 0 Å². The zero-order valence-electron chi connectivity index (χ0n) is 19.1. The smallest absolute Gasteiger partial charge is 0.0466 e. The van der Waals surface area contributed by atoms with Gasteiger partial charge in [-0.1, -0.05) is 107 Å². The van der Waals surface area contributed by atoms with Gasteiger partial charge in [0.1, 0.15) is 0 Å². The molecule has 172 valence electrons. The summed E-state index contributed by atoms with van der Waals surface area (Å²) in [6, 6.07) is 17.4. The van der Waals surface area contributed by atoms with E-state index in [1.165, 1.54) is 110 Å². The van der Waals surface area contributed by atoms with E-state index >= 15 is 0 Å². The van der Waals surface area contributed by atoms with Crippen LogP contribution in [0.15, 0.2) is 57.5 Å². The van der Waals surface area contributed by atoms with Crippen LogP contribution in [0.2, 0.25) is 0 Å². The minimum atomic E-state index is 0.949. The van der Waals surface area contributed by atoms with Crippen molar-refractivity contribution in [3.63, 3.8) is 0 Å². The van der Waals surface area contributed by atoms with Crippen molar-refractivity contribution in [2.24, 2.45) is 0 Å². The Morgan fingerprint density at radius 2 is 0.871 bits per heavy atom. The number of aryl methyl sites for hydroxylation is 2. The number of halogens is 2. The lowest BCUT2D eigenvalue weighted by atomic mass is 10.0. The van der Waals surface area contributed by atoms with E-state index in [2.05, 4.69) is 80.4 Å². The summed E-state index contributed by atoms with van der Waals surface area (Å²) in [6.45, 7) is 1.90. The molecular formula is C28H40Br2O. The molecule has 2 rings (SSSR count). The van der Waals surface area contributed by atoms with E-state index in [0.717, 1.165) is 13.2 Å². The lowest BCUT2D eigenvalue weighted by Gasteiger charge is -2.06. The second-order valence-electron chi connectivity index (χ2n) is 8.61. The third-order valence-electron chi connectivity index (χ3n) is 5.79. The molecule has 0 bridgehead atoms. The molecule has 0 saturated carbocycles. The summed E-state index contributed by atoms with van der Waals surface area (Å²) in [5, 5.41) is 0. The third kappa shape index (κ3) is 14.2. The fraction of sp³-hybridized carbons (Fsp3) is 0.571. The molecule has 2 aromatic carbocycles. The molecule has 0 heterocycles. The van der Waals surface area contributed by atoms with Crippen molar-refractivity contribution in [1.82, 2.24) is 0 Å². The van der Waals surface area contributed by atoms with Crippen LogP contribution >= 0.6 is 31.9 Å². The van der Waals surface area contributed by atoms with Gasteiger partial charge < -0.3 is 4.74 Å². The summed E-state index contributed by atoms with van der Waals surface area (Å²) < 4.78 is 8.20. The highest BCUT2D eigenvalue weighted by Gasteiger charge is 1.98. The Hall–Kier alpha value is -0.640.